The van der Waals surface area contributed by atoms with E-state index in [0.717, 1.165) is 18.0 Å². The monoisotopic (exact) mass is 250 g/mol. The number of hydrogen-bond donors (Lipinski definition) is 1. The summed E-state index contributed by atoms with van der Waals surface area (Å²) < 4.78 is 5.38. The summed E-state index contributed by atoms with van der Waals surface area (Å²) in [5.74, 6) is 1.76. The van der Waals surface area contributed by atoms with Gasteiger partial charge in [0.2, 0.25) is 0 Å². The number of nitrogens with one attached hydrogen (secondary N) is 1. The lowest BCUT2D eigenvalue weighted by molar-refractivity contribution is 0.346. The van der Waals surface area contributed by atoms with Crippen LogP contribution in [0.5, 0.6) is 5.75 Å². The van der Waals surface area contributed by atoms with Crippen LogP contribution in [-0.4, -0.2) is 24.2 Å². The zero-order chi connectivity index (χ0) is 13.8. The van der Waals surface area contributed by atoms with E-state index in [-0.39, 0.29) is 5.54 Å². The maximum atomic E-state index is 5.38. The van der Waals surface area contributed by atoms with Gasteiger partial charge in [0.1, 0.15) is 5.75 Å². The molecule has 1 aromatic heterocycles. The first kappa shape index (κ1) is 15.0. The van der Waals surface area contributed by atoms with Crippen molar-refractivity contribution < 1.29 is 4.74 Å². The summed E-state index contributed by atoms with van der Waals surface area (Å²) in [6.07, 6.45) is 1.83. The van der Waals surface area contributed by atoms with E-state index in [2.05, 4.69) is 44.9 Å². The molecule has 18 heavy (non-hydrogen) atoms. The molecule has 0 radical (unpaired) electrons. The standard InChI is InChI=1S/C15H26N2O/c1-11(10-17-15(3,4)5)12(2)14-13(18-6)8-7-9-16-14/h7-9,11-12,17H,10H2,1-6H3. The minimum absolute atomic E-state index is 0.155. The van der Waals surface area contributed by atoms with Gasteiger partial charge in [-0.2, -0.15) is 0 Å². The molecular weight excluding hydrogens is 224 g/mol. The Labute approximate surface area is 111 Å². The summed E-state index contributed by atoms with van der Waals surface area (Å²) in [6.45, 7) is 12.0. The summed E-state index contributed by atoms with van der Waals surface area (Å²) in [5.41, 5.74) is 1.20. The third-order valence-corrected chi connectivity index (χ3v) is 3.26. The van der Waals surface area contributed by atoms with Crippen LogP contribution < -0.4 is 10.1 Å². The molecule has 3 nitrogen and oxygen atoms in total. The normalized spacial score (nSPS) is 15.2. The SMILES string of the molecule is COc1cccnc1C(C)C(C)CNC(C)(C)C. The molecule has 0 spiro atoms. The van der Waals surface area contributed by atoms with Crippen LogP contribution in [0.3, 0.4) is 0 Å². The molecule has 102 valence electrons. The number of methoxy groups -OCH3 is 1. The summed E-state index contributed by atoms with van der Waals surface area (Å²) in [7, 11) is 1.70. The van der Waals surface area contributed by atoms with Gasteiger partial charge in [-0.1, -0.05) is 13.8 Å². The fraction of sp³-hybridized carbons (Fsp3) is 0.667. The zero-order valence-corrected chi connectivity index (χ0v) is 12.4. The average Bonchev–Trinajstić information content (AvgIpc) is 2.34. The molecule has 0 amide bonds. The van der Waals surface area contributed by atoms with Gasteiger partial charge in [0.25, 0.3) is 0 Å². The molecule has 1 aromatic rings. The van der Waals surface area contributed by atoms with Crippen molar-refractivity contribution in [1.29, 1.82) is 0 Å². The molecule has 0 saturated carbocycles. The molecule has 2 unspecified atom stereocenters. The van der Waals surface area contributed by atoms with Crippen LogP contribution in [0.2, 0.25) is 0 Å². The van der Waals surface area contributed by atoms with Crippen LogP contribution in [0, 0.1) is 5.92 Å². The third-order valence-electron chi connectivity index (χ3n) is 3.26. The molecule has 1 N–H and O–H groups in total. The fourth-order valence-corrected chi connectivity index (χ4v) is 1.83. The van der Waals surface area contributed by atoms with E-state index in [9.17, 15) is 0 Å². The molecule has 0 aliphatic rings. The minimum Gasteiger partial charge on any atom is -0.495 e. The van der Waals surface area contributed by atoms with Crippen molar-refractivity contribution in [3.8, 4) is 5.75 Å². The van der Waals surface area contributed by atoms with E-state index in [1.165, 1.54) is 0 Å². The van der Waals surface area contributed by atoms with Gasteiger partial charge in [0.15, 0.2) is 0 Å². The van der Waals surface area contributed by atoms with Crippen molar-refractivity contribution in [2.75, 3.05) is 13.7 Å². The molecule has 0 fully saturated rings. The predicted molar refractivity (Wildman–Crippen MR) is 76.1 cm³/mol. The zero-order valence-electron chi connectivity index (χ0n) is 12.4. The molecule has 3 heteroatoms. The van der Waals surface area contributed by atoms with Crippen molar-refractivity contribution in [1.82, 2.24) is 10.3 Å². The lowest BCUT2D eigenvalue weighted by atomic mass is 9.91. The Morgan fingerprint density at radius 1 is 1.33 bits per heavy atom. The Bertz CT molecular complexity index is 371. The molecule has 0 bridgehead atoms. The van der Waals surface area contributed by atoms with Crippen LogP contribution in [0.25, 0.3) is 0 Å². The lowest BCUT2D eigenvalue weighted by Crippen LogP contribution is -2.39. The maximum absolute atomic E-state index is 5.38. The van der Waals surface area contributed by atoms with Crippen molar-refractivity contribution in [3.05, 3.63) is 24.0 Å². The molecule has 1 rings (SSSR count). The van der Waals surface area contributed by atoms with Gasteiger partial charge in [0.05, 0.1) is 12.8 Å². The molecular formula is C15H26N2O. The third kappa shape index (κ3) is 4.30. The summed E-state index contributed by atoms with van der Waals surface area (Å²) in [4.78, 5) is 4.46. The number of rotatable bonds is 5. The van der Waals surface area contributed by atoms with Gasteiger partial charge in [-0.15, -0.1) is 0 Å². The quantitative estimate of drug-likeness (QED) is 0.871. The molecule has 1 heterocycles. The van der Waals surface area contributed by atoms with Crippen molar-refractivity contribution in [2.24, 2.45) is 5.92 Å². The summed E-state index contributed by atoms with van der Waals surface area (Å²) in [6, 6.07) is 3.88. The Kier molecular flexibility index (Phi) is 5.15. The van der Waals surface area contributed by atoms with Gasteiger partial charge in [-0.25, -0.2) is 0 Å². The Morgan fingerprint density at radius 2 is 2.00 bits per heavy atom. The van der Waals surface area contributed by atoms with Crippen LogP contribution >= 0.6 is 0 Å². The highest BCUT2D eigenvalue weighted by Crippen LogP contribution is 2.29. The van der Waals surface area contributed by atoms with E-state index in [1.807, 2.05) is 18.3 Å². The van der Waals surface area contributed by atoms with E-state index in [0.29, 0.717) is 11.8 Å². The maximum Gasteiger partial charge on any atom is 0.140 e. The van der Waals surface area contributed by atoms with Crippen LogP contribution in [0.1, 0.15) is 46.2 Å². The second-order valence-electron chi connectivity index (χ2n) is 5.99. The largest absolute Gasteiger partial charge is 0.495 e. The molecule has 0 aromatic carbocycles. The van der Waals surface area contributed by atoms with Gasteiger partial charge < -0.3 is 10.1 Å². The Morgan fingerprint density at radius 3 is 2.56 bits per heavy atom. The topological polar surface area (TPSA) is 34.1 Å². The number of hydrogen-bond acceptors (Lipinski definition) is 3. The van der Waals surface area contributed by atoms with Gasteiger partial charge >= 0.3 is 0 Å². The molecule has 0 aliphatic heterocycles. The summed E-state index contributed by atoms with van der Waals surface area (Å²) >= 11 is 0. The highest BCUT2D eigenvalue weighted by molar-refractivity contribution is 5.29. The molecule has 0 aliphatic carbocycles. The van der Waals surface area contributed by atoms with E-state index >= 15 is 0 Å². The van der Waals surface area contributed by atoms with Crippen molar-refractivity contribution >= 4 is 0 Å². The number of nitrogens with zero attached hydrogens (tertiary/aromatic N) is 1. The molecule has 2 atom stereocenters. The van der Waals surface area contributed by atoms with Gasteiger partial charge in [0, 0.05) is 17.7 Å². The fourth-order valence-electron chi connectivity index (χ4n) is 1.83. The first-order chi connectivity index (χ1) is 8.35. The second kappa shape index (κ2) is 6.19. The smallest absolute Gasteiger partial charge is 0.140 e. The predicted octanol–water partition coefficient (Wildman–Crippen LogP) is 3.22. The molecule has 0 saturated heterocycles. The average molecular weight is 250 g/mol. The number of aromatic nitrogens is 1. The van der Waals surface area contributed by atoms with E-state index < -0.39 is 0 Å². The van der Waals surface area contributed by atoms with E-state index in [1.54, 1.807) is 7.11 Å². The van der Waals surface area contributed by atoms with Crippen LogP contribution in [0.4, 0.5) is 0 Å². The first-order valence-electron chi connectivity index (χ1n) is 6.59. The Hall–Kier alpha value is -1.09. The number of ether oxygens (including phenoxy) is 1. The number of pyridine rings is 1. The first-order valence-corrected chi connectivity index (χ1v) is 6.59. The Balaban J connectivity index is 2.71. The van der Waals surface area contributed by atoms with Crippen LogP contribution in [0.15, 0.2) is 18.3 Å². The second-order valence-corrected chi connectivity index (χ2v) is 5.99. The van der Waals surface area contributed by atoms with Crippen molar-refractivity contribution in [3.63, 3.8) is 0 Å². The summed E-state index contributed by atoms with van der Waals surface area (Å²) in [5, 5.41) is 3.54. The lowest BCUT2D eigenvalue weighted by Gasteiger charge is -2.27. The van der Waals surface area contributed by atoms with Gasteiger partial charge in [-0.3, -0.25) is 4.98 Å². The van der Waals surface area contributed by atoms with Crippen LogP contribution in [-0.2, 0) is 0 Å². The van der Waals surface area contributed by atoms with Gasteiger partial charge in [-0.05, 0) is 45.4 Å². The van der Waals surface area contributed by atoms with E-state index in [4.69, 9.17) is 4.74 Å². The highest BCUT2D eigenvalue weighted by Gasteiger charge is 2.20. The highest BCUT2D eigenvalue weighted by atomic mass is 16.5. The minimum atomic E-state index is 0.155. The van der Waals surface area contributed by atoms with Crippen molar-refractivity contribution in [2.45, 2.75) is 46.1 Å².